The number of hydrogen-bond donors (Lipinski definition) is 1. The average molecular weight is 258 g/mol. The molecular formula is C10H8ClNOS2. The van der Waals surface area contributed by atoms with E-state index in [1.165, 1.54) is 15.9 Å². The number of aryl methyl sites for hydroxylation is 1. The number of hydrogen-bond acceptors (Lipinski definition) is 4. The zero-order valence-electron chi connectivity index (χ0n) is 7.91. The first-order valence-corrected chi connectivity index (χ1v) is 6.82. The first-order chi connectivity index (χ1) is 7.16. The fourth-order valence-corrected chi connectivity index (χ4v) is 3.47. The van der Waals surface area contributed by atoms with Crippen molar-refractivity contribution >= 4 is 43.0 Å². The summed E-state index contributed by atoms with van der Waals surface area (Å²) in [6, 6.07) is 7.93. The Hall–Kier alpha value is -0.840. The van der Waals surface area contributed by atoms with Gasteiger partial charge in [-0.3, -0.25) is 4.79 Å². The quantitative estimate of drug-likeness (QED) is 0.828. The molecular weight excluding hydrogens is 250 g/mol. The third-order valence-corrected chi connectivity index (χ3v) is 4.59. The predicted octanol–water partition coefficient (Wildman–Crippen LogP) is 3.88. The Morgan fingerprint density at radius 2 is 1.87 bits per heavy atom. The van der Waals surface area contributed by atoms with Crippen LogP contribution in [0.1, 0.15) is 5.56 Å². The van der Waals surface area contributed by atoms with Crippen LogP contribution in [-0.4, -0.2) is 0 Å². The van der Waals surface area contributed by atoms with Gasteiger partial charge < -0.3 is 5.32 Å². The second-order valence-corrected chi connectivity index (χ2v) is 5.58. The van der Waals surface area contributed by atoms with Crippen molar-refractivity contribution in [2.45, 2.75) is 6.92 Å². The van der Waals surface area contributed by atoms with Gasteiger partial charge in [0.05, 0.1) is 0 Å². The van der Waals surface area contributed by atoms with Gasteiger partial charge >= 0.3 is 0 Å². The van der Waals surface area contributed by atoms with Crippen LogP contribution in [0.5, 0.6) is 0 Å². The molecule has 0 atom stereocenters. The van der Waals surface area contributed by atoms with Crippen LogP contribution < -0.4 is 10.1 Å². The topological polar surface area (TPSA) is 29.1 Å². The fraction of sp³-hybridized carbons (Fsp3) is 0.100. The zero-order valence-corrected chi connectivity index (χ0v) is 10.3. The normalized spacial score (nSPS) is 10.3. The summed E-state index contributed by atoms with van der Waals surface area (Å²) < 4.78 is -0.0868. The Morgan fingerprint density at radius 1 is 1.20 bits per heavy atom. The smallest absolute Gasteiger partial charge is 0.263 e. The van der Waals surface area contributed by atoms with Crippen molar-refractivity contribution in [2.24, 2.45) is 0 Å². The molecule has 0 unspecified atom stereocenters. The molecule has 0 spiro atoms. The van der Waals surface area contributed by atoms with Crippen LogP contribution in [0, 0.1) is 6.92 Å². The summed E-state index contributed by atoms with van der Waals surface area (Å²) in [5.41, 5.74) is 2.14. The molecule has 0 radical (unpaired) electrons. The maximum Gasteiger partial charge on any atom is 0.263 e. The molecule has 1 heterocycles. The van der Waals surface area contributed by atoms with Crippen LogP contribution in [0.3, 0.4) is 0 Å². The van der Waals surface area contributed by atoms with Gasteiger partial charge in [-0.2, -0.15) is 0 Å². The van der Waals surface area contributed by atoms with Crippen LogP contribution in [-0.2, 0) is 0 Å². The lowest BCUT2D eigenvalue weighted by molar-refractivity contribution is 1.46. The van der Waals surface area contributed by atoms with Crippen molar-refractivity contribution in [3.63, 3.8) is 0 Å². The minimum absolute atomic E-state index is 0.0868. The molecule has 78 valence electrons. The lowest BCUT2D eigenvalue weighted by Crippen LogP contribution is -1.92. The molecule has 1 N–H and O–H groups in total. The number of anilines is 2. The highest BCUT2D eigenvalue weighted by Crippen LogP contribution is 2.30. The van der Waals surface area contributed by atoms with Gasteiger partial charge in [0, 0.05) is 5.69 Å². The van der Waals surface area contributed by atoms with Gasteiger partial charge in [-0.1, -0.05) is 39.6 Å². The first kappa shape index (κ1) is 10.7. The first-order valence-electron chi connectivity index (χ1n) is 4.29. The summed E-state index contributed by atoms with van der Waals surface area (Å²) in [6.07, 6.45) is 0. The standard InChI is InChI=1S/C10H8ClNOS2/c1-6-2-4-7(5-3-6)12-9-8(11)10(13)15-14-9/h2-5,12H,1H3. The van der Waals surface area contributed by atoms with Crippen molar-refractivity contribution in [3.8, 4) is 0 Å². The second-order valence-electron chi connectivity index (χ2n) is 3.09. The third kappa shape index (κ3) is 2.40. The summed E-state index contributed by atoms with van der Waals surface area (Å²) in [6.45, 7) is 2.03. The van der Waals surface area contributed by atoms with Crippen molar-refractivity contribution in [2.75, 3.05) is 5.32 Å². The van der Waals surface area contributed by atoms with E-state index in [-0.39, 0.29) is 9.77 Å². The van der Waals surface area contributed by atoms with Crippen LogP contribution in [0.15, 0.2) is 29.1 Å². The molecule has 0 saturated carbocycles. The SMILES string of the molecule is Cc1ccc(Nc2ssc(=O)c2Cl)cc1. The molecule has 0 fully saturated rings. The summed E-state index contributed by atoms with van der Waals surface area (Å²) >= 11 is 5.84. The van der Waals surface area contributed by atoms with E-state index < -0.39 is 0 Å². The van der Waals surface area contributed by atoms with E-state index in [1.54, 1.807) is 0 Å². The van der Waals surface area contributed by atoms with Gasteiger partial charge in [-0.05, 0) is 29.4 Å². The lowest BCUT2D eigenvalue weighted by Gasteiger charge is -2.03. The van der Waals surface area contributed by atoms with Crippen LogP contribution in [0.2, 0.25) is 5.02 Å². The third-order valence-electron chi connectivity index (χ3n) is 1.89. The molecule has 0 amide bonds. The minimum Gasteiger partial charge on any atom is -0.345 e. The molecule has 0 bridgehead atoms. The molecule has 5 heteroatoms. The van der Waals surface area contributed by atoms with E-state index in [2.05, 4.69) is 5.32 Å². The van der Waals surface area contributed by atoms with Crippen molar-refractivity contribution < 1.29 is 0 Å². The second kappa shape index (κ2) is 4.35. The highest BCUT2D eigenvalue weighted by molar-refractivity contribution is 7.70. The molecule has 1 aromatic heterocycles. The minimum atomic E-state index is -0.0868. The van der Waals surface area contributed by atoms with E-state index in [1.807, 2.05) is 31.2 Å². The Kier molecular flexibility index (Phi) is 3.09. The summed E-state index contributed by atoms with van der Waals surface area (Å²) in [7, 11) is 2.51. The molecule has 0 aliphatic rings. The van der Waals surface area contributed by atoms with Gasteiger partial charge in [-0.15, -0.1) is 0 Å². The van der Waals surface area contributed by atoms with Crippen molar-refractivity contribution in [3.05, 3.63) is 44.4 Å². The average Bonchev–Trinajstić information content (AvgIpc) is 2.53. The van der Waals surface area contributed by atoms with Crippen LogP contribution in [0.4, 0.5) is 10.7 Å². The lowest BCUT2D eigenvalue weighted by atomic mass is 10.2. The largest absolute Gasteiger partial charge is 0.345 e. The maximum atomic E-state index is 11.1. The molecule has 0 saturated heterocycles. The number of halogens is 1. The van der Waals surface area contributed by atoms with Crippen molar-refractivity contribution in [1.82, 2.24) is 0 Å². The molecule has 2 nitrogen and oxygen atoms in total. The fourth-order valence-electron chi connectivity index (χ4n) is 1.09. The molecule has 1 aromatic carbocycles. The van der Waals surface area contributed by atoms with Gasteiger partial charge in [-0.25, -0.2) is 0 Å². The highest BCUT2D eigenvalue weighted by atomic mass is 35.5. The van der Waals surface area contributed by atoms with E-state index in [9.17, 15) is 4.79 Å². The summed E-state index contributed by atoms with van der Waals surface area (Å²) in [4.78, 5) is 11.1. The Balaban J connectivity index is 2.26. The molecule has 0 aliphatic heterocycles. The molecule has 15 heavy (non-hydrogen) atoms. The molecule has 0 aliphatic carbocycles. The van der Waals surface area contributed by atoms with Gasteiger partial charge in [0.1, 0.15) is 10.0 Å². The number of rotatable bonds is 2. The predicted molar refractivity (Wildman–Crippen MR) is 67.9 cm³/mol. The van der Waals surface area contributed by atoms with E-state index >= 15 is 0 Å². The van der Waals surface area contributed by atoms with E-state index in [0.717, 1.165) is 21.0 Å². The highest BCUT2D eigenvalue weighted by Gasteiger charge is 2.07. The van der Waals surface area contributed by atoms with E-state index in [4.69, 9.17) is 11.6 Å². The summed E-state index contributed by atoms with van der Waals surface area (Å²) in [5, 5.41) is 4.12. The number of benzene rings is 1. The number of nitrogens with one attached hydrogen (secondary N) is 1. The van der Waals surface area contributed by atoms with Crippen molar-refractivity contribution in [1.29, 1.82) is 0 Å². The maximum absolute atomic E-state index is 11.1. The molecule has 2 aromatic rings. The van der Waals surface area contributed by atoms with Gasteiger partial charge in [0.25, 0.3) is 4.74 Å². The van der Waals surface area contributed by atoms with Gasteiger partial charge in [0.2, 0.25) is 0 Å². The van der Waals surface area contributed by atoms with E-state index in [0.29, 0.717) is 0 Å². The zero-order chi connectivity index (χ0) is 10.8. The Morgan fingerprint density at radius 3 is 2.40 bits per heavy atom. The molecule has 2 rings (SSSR count). The monoisotopic (exact) mass is 257 g/mol. The van der Waals surface area contributed by atoms with Crippen LogP contribution in [0.25, 0.3) is 0 Å². The Bertz CT molecular complexity index is 515. The van der Waals surface area contributed by atoms with Crippen LogP contribution >= 0.6 is 32.3 Å². The Labute approximate surface area is 99.5 Å². The summed E-state index contributed by atoms with van der Waals surface area (Å²) in [5.74, 6) is 0. The van der Waals surface area contributed by atoms with Gasteiger partial charge in [0.15, 0.2) is 0 Å².